The lowest BCUT2D eigenvalue weighted by Crippen LogP contribution is -2.31. The number of fused-ring (bicyclic) bond motifs is 2. The fraction of sp³-hybridized carbons (Fsp3) is 0.381. The molecular formula is C21H23NO4. The first-order chi connectivity index (χ1) is 12.7. The van der Waals surface area contributed by atoms with Crippen molar-refractivity contribution in [3.05, 3.63) is 53.1 Å². The van der Waals surface area contributed by atoms with E-state index >= 15 is 0 Å². The van der Waals surface area contributed by atoms with E-state index in [2.05, 4.69) is 11.4 Å². The number of carbonyl (C=O) groups is 1. The number of carbonyl (C=O) groups excluding carboxylic acids is 1. The van der Waals surface area contributed by atoms with E-state index in [9.17, 15) is 4.79 Å². The number of methoxy groups -OCH3 is 1. The van der Waals surface area contributed by atoms with Crippen LogP contribution in [-0.2, 0) is 17.6 Å². The summed E-state index contributed by atoms with van der Waals surface area (Å²) in [6.45, 7) is 0.880. The van der Waals surface area contributed by atoms with Gasteiger partial charge in [0.05, 0.1) is 13.5 Å². The highest BCUT2D eigenvalue weighted by Crippen LogP contribution is 2.37. The van der Waals surface area contributed by atoms with Gasteiger partial charge in [0.1, 0.15) is 5.75 Å². The zero-order valence-corrected chi connectivity index (χ0v) is 14.9. The van der Waals surface area contributed by atoms with Crippen LogP contribution in [0.3, 0.4) is 0 Å². The van der Waals surface area contributed by atoms with E-state index in [4.69, 9.17) is 14.2 Å². The maximum absolute atomic E-state index is 12.4. The molecule has 1 aliphatic carbocycles. The molecule has 136 valence electrons. The number of hydrogen-bond donors (Lipinski definition) is 1. The Hall–Kier alpha value is -2.69. The van der Waals surface area contributed by atoms with E-state index in [1.165, 1.54) is 11.1 Å². The zero-order chi connectivity index (χ0) is 17.9. The molecule has 1 N–H and O–H groups in total. The van der Waals surface area contributed by atoms with Gasteiger partial charge in [-0.25, -0.2) is 0 Å². The Kier molecular flexibility index (Phi) is 4.69. The summed E-state index contributed by atoms with van der Waals surface area (Å²) in [5, 5.41) is 3.09. The van der Waals surface area contributed by atoms with Crippen LogP contribution >= 0.6 is 0 Å². The summed E-state index contributed by atoms with van der Waals surface area (Å²) in [6, 6.07) is 11.8. The molecule has 0 bridgehead atoms. The summed E-state index contributed by atoms with van der Waals surface area (Å²) in [6.07, 6.45) is 3.62. The molecule has 26 heavy (non-hydrogen) atoms. The third-order valence-electron chi connectivity index (χ3n) is 5.13. The highest BCUT2D eigenvalue weighted by molar-refractivity contribution is 5.79. The van der Waals surface area contributed by atoms with Crippen LogP contribution in [0.4, 0.5) is 0 Å². The van der Waals surface area contributed by atoms with Crippen LogP contribution < -0.4 is 19.5 Å². The van der Waals surface area contributed by atoms with Crippen molar-refractivity contribution < 1.29 is 19.0 Å². The van der Waals surface area contributed by atoms with E-state index in [0.717, 1.165) is 36.3 Å². The average molecular weight is 353 g/mol. The van der Waals surface area contributed by atoms with Crippen LogP contribution in [0.1, 0.15) is 35.4 Å². The molecule has 2 aliphatic rings. The van der Waals surface area contributed by atoms with Gasteiger partial charge in [-0.2, -0.15) is 0 Å². The summed E-state index contributed by atoms with van der Waals surface area (Å²) in [5.41, 5.74) is 3.52. The highest BCUT2D eigenvalue weighted by atomic mass is 16.7. The maximum atomic E-state index is 12.4. The standard InChI is InChI=1S/C21H23NO4/c1-24-18-7-3-5-15-4-2-6-16(21(15)18)12-22-20(23)11-14-8-9-17-19(10-14)26-13-25-17/h3,5,7-10,16H,2,4,6,11-13H2,1H3,(H,22,23). The molecule has 5 nitrogen and oxygen atoms in total. The van der Waals surface area contributed by atoms with Crippen molar-refractivity contribution in [3.63, 3.8) is 0 Å². The van der Waals surface area contributed by atoms with Crippen LogP contribution in [0.2, 0.25) is 0 Å². The molecule has 0 radical (unpaired) electrons. The van der Waals surface area contributed by atoms with E-state index < -0.39 is 0 Å². The van der Waals surface area contributed by atoms with Crippen LogP contribution in [0, 0.1) is 0 Å². The van der Waals surface area contributed by atoms with Gasteiger partial charge >= 0.3 is 0 Å². The average Bonchev–Trinajstić information content (AvgIpc) is 3.13. The third-order valence-corrected chi connectivity index (χ3v) is 5.13. The number of aryl methyl sites for hydroxylation is 1. The maximum Gasteiger partial charge on any atom is 0.231 e. The second-order valence-corrected chi connectivity index (χ2v) is 6.79. The molecule has 1 amide bonds. The first kappa shape index (κ1) is 16.8. The van der Waals surface area contributed by atoms with Crippen molar-refractivity contribution in [3.8, 4) is 17.2 Å². The third kappa shape index (κ3) is 3.34. The predicted octanol–water partition coefficient (Wildman–Crippen LogP) is 3.20. The van der Waals surface area contributed by atoms with Gasteiger partial charge in [-0.1, -0.05) is 18.2 Å². The SMILES string of the molecule is COc1cccc2c1C(CNC(=O)Cc1ccc3c(c1)OCO3)CCC2. The van der Waals surface area contributed by atoms with Gasteiger partial charge in [0.25, 0.3) is 0 Å². The normalized spacial score (nSPS) is 17.5. The van der Waals surface area contributed by atoms with Gasteiger partial charge in [0, 0.05) is 18.0 Å². The Morgan fingerprint density at radius 1 is 1.23 bits per heavy atom. The minimum Gasteiger partial charge on any atom is -0.496 e. The summed E-state index contributed by atoms with van der Waals surface area (Å²) >= 11 is 0. The van der Waals surface area contributed by atoms with Gasteiger partial charge in [-0.15, -0.1) is 0 Å². The quantitative estimate of drug-likeness (QED) is 0.897. The van der Waals surface area contributed by atoms with Crippen molar-refractivity contribution in [2.45, 2.75) is 31.6 Å². The van der Waals surface area contributed by atoms with Crippen molar-refractivity contribution in [2.75, 3.05) is 20.4 Å². The molecule has 1 unspecified atom stereocenters. The van der Waals surface area contributed by atoms with E-state index in [1.54, 1.807) is 7.11 Å². The summed E-state index contributed by atoms with van der Waals surface area (Å²) in [5.74, 6) is 2.69. The van der Waals surface area contributed by atoms with Crippen molar-refractivity contribution in [1.82, 2.24) is 5.32 Å². The Labute approximate surface area is 153 Å². The molecular weight excluding hydrogens is 330 g/mol. The Morgan fingerprint density at radius 2 is 2.12 bits per heavy atom. The molecule has 2 aromatic rings. The number of rotatable bonds is 5. The molecule has 1 atom stereocenters. The van der Waals surface area contributed by atoms with Gasteiger partial charge in [0.15, 0.2) is 11.5 Å². The molecule has 4 rings (SSSR count). The number of amides is 1. The predicted molar refractivity (Wildman–Crippen MR) is 98.0 cm³/mol. The van der Waals surface area contributed by atoms with E-state index in [-0.39, 0.29) is 12.7 Å². The van der Waals surface area contributed by atoms with Crippen molar-refractivity contribution in [1.29, 1.82) is 0 Å². The second-order valence-electron chi connectivity index (χ2n) is 6.79. The summed E-state index contributed by atoms with van der Waals surface area (Å²) in [7, 11) is 1.71. The minimum absolute atomic E-state index is 0.0193. The molecule has 5 heteroatoms. The largest absolute Gasteiger partial charge is 0.496 e. The summed E-state index contributed by atoms with van der Waals surface area (Å²) in [4.78, 5) is 12.4. The molecule has 0 spiro atoms. The van der Waals surface area contributed by atoms with Gasteiger partial charge in [-0.3, -0.25) is 4.79 Å². The van der Waals surface area contributed by atoms with Crippen molar-refractivity contribution >= 4 is 5.91 Å². The number of benzene rings is 2. The fourth-order valence-electron chi connectivity index (χ4n) is 3.87. The summed E-state index contributed by atoms with van der Waals surface area (Å²) < 4.78 is 16.2. The molecule has 1 aliphatic heterocycles. The van der Waals surface area contributed by atoms with Gasteiger partial charge in [-0.05, 0) is 48.6 Å². The number of hydrogen-bond acceptors (Lipinski definition) is 4. The monoisotopic (exact) mass is 353 g/mol. The zero-order valence-electron chi connectivity index (χ0n) is 14.9. The van der Waals surface area contributed by atoms with Crippen LogP contribution in [0.25, 0.3) is 0 Å². The Morgan fingerprint density at radius 3 is 3.00 bits per heavy atom. The minimum atomic E-state index is 0.0193. The molecule has 0 saturated carbocycles. The molecule has 0 fully saturated rings. The van der Waals surface area contributed by atoms with Crippen LogP contribution in [0.5, 0.6) is 17.2 Å². The molecule has 0 aromatic heterocycles. The van der Waals surface area contributed by atoms with Crippen LogP contribution in [-0.4, -0.2) is 26.4 Å². The topological polar surface area (TPSA) is 56.8 Å². The first-order valence-electron chi connectivity index (χ1n) is 9.05. The van der Waals surface area contributed by atoms with Gasteiger partial charge in [0.2, 0.25) is 12.7 Å². The molecule has 0 saturated heterocycles. The Balaban J connectivity index is 1.40. The number of nitrogens with one attached hydrogen (secondary N) is 1. The second kappa shape index (κ2) is 7.28. The lowest BCUT2D eigenvalue weighted by Gasteiger charge is -2.27. The Bertz CT molecular complexity index is 803. The van der Waals surface area contributed by atoms with Crippen molar-refractivity contribution in [2.24, 2.45) is 0 Å². The van der Waals surface area contributed by atoms with Crippen LogP contribution in [0.15, 0.2) is 36.4 Å². The van der Waals surface area contributed by atoms with Gasteiger partial charge < -0.3 is 19.5 Å². The lowest BCUT2D eigenvalue weighted by atomic mass is 9.82. The first-order valence-corrected chi connectivity index (χ1v) is 9.05. The van der Waals surface area contributed by atoms with E-state index in [0.29, 0.717) is 24.6 Å². The fourth-order valence-corrected chi connectivity index (χ4v) is 3.87. The highest BCUT2D eigenvalue weighted by Gasteiger charge is 2.24. The molecule has 1 heterocycles. The molecule has 2 aromatic carbocycles. The smallest absolute Gasteiger partial charge is 0.231 e. The lowest BCUT2D eigenvalue weighted by molar-refractivity contribution is -0.120. The van der Waals surface area contributed by atoms with E-state index in [1.807, 2.05) is 30.3 Å². The number of ether oxygens (including phenoxy) is 3.